The van der Waals surface area contributed by atoms with Crippen molar-refractivity contribution in [2.75, 3.05) is 5.32 Å². The van der Waals surface area contributed by atoms with Crippen molar-refractivity contribution in [3.8, 4) is 6.07 Å². The van der Waals surface area contributed by atoms with Crippen molar-refractivity contribution >= 4 is 17.6 Å². The van der Waals surface area contributed by atoms with Crippen LogP contribution in [0.4, 0.5) is 5.69 Å². The molecule has 0 aliphatic carbocycles. The van der Waals surface area contributed by atoms with E-state index in [0.29, 0.717) is 11.3 Å². The number of esters is 1. The highest BCUT2D eigenvalue weighted by atomic mass is 16.5. The minimum absolute atomic E-state index is 0.0856. The van der Waals surface area contributed by atoms with E-state index in [2.05, 4.69) is 5.32 Å². The summed E-state index contributed by atoms with van der Waals surface area (Å²) in [4.78, 5) is 25.1. The van der Waals surface area contributed by atoms with Gasteiger partial charge in [-0.2, -0.15) is 5.26 Å². The van der Waals surface area contributed by atoms with E-state index in [4.69, 9.17) is 10.00 Å². The van der Waals surface area contributed by atoms with Crippen LogP contribution < -0.4 is 5.32 Å². The number of anilines is 1. The van der Waals surface area contributed by atoms with E-state index in [-0.39, 0.29) is 5.92 Å². The van der Waals surface area contributed by atoms with Crippen LogP contribution in [-0.4, -0.2) is 18.0 Å². The summed E-state index contributed by atoms with van der Waals surface area (Å²) in [6.07, 6.45) is -0.130. The number of rotatable bonds is 7. The normalized spacial score (nSPS) is 13.7. The summed E-state index contributed by atoms with van der Waals surface area (Å²) in [5, 5.41) is 11.6. The van der Waals surface area contributed by atoms with Gasteiger partial charge in [0.2, 0.25) is 0 Å². The summed E-state index contributed by atoms with van der Waals surface area (Å²) >= 11 is 0. The molecule has 1 N–H and O–H groups in total. The molecule has 0 radical (unpaired) electrons. The van der Waals surface area contributed by atoms with Gasteiger partial charge in [-0.3, -0.25) is 9.59 Å². The summed E-state index contributed by atoms with van der Waals surface area (Å²) < 4.78 is 5.46. The van der Waals surface area contributed by atoms with Gasteiger partial charge in [0.05, 0.1) is 17.6 Å². The van der Waals surface area contributed by atoms with Crippen molar-refractivity contribution in [2.24, 2.45) is 5.92 Å². The zero-order valence-electron chi connectivity index (χ0n) is 15.8. The standard InChI is InChI=1S/C22H24N2O3/c1-4-15(2)20(18-10-6-5-7-11-18)22(26)27-16(3)21(25)24-19-12-8-9-17(13-19)14-23/h5-13,15-16,20H,4H2,1-3H3,(H,24,25)/t15-,16-,20+/m0/s1. The Morgan fingerprint density at radius 3 is 2.44 bits per heavy atom. The van der Waals surface area contributed by atoms with Crippen molar-refractivity contribution in [1.82, 2.24) is 0 Å². The Kier molecular flexibility index (Phi) is 7.13. The topological polar surface area (TPSA) is 79.2 Å². The molecule has 0 aromatic heterocycles. The Balaban J connectivity index is 2.07. The highest BCUT2D eigenvalue weighted by Crippen LogP contribution is 2.28. The van der Waals surface area contributed by atoms with Gasteiger partial charge in [-0.25, -0.2) is 0 Å². The summed E-state index contributed by atoms with van der Waals surface area (Å²) in [6.45, 7) is 5.56. The van der Waals surface area contributed by atoms with E-state index in [1.54, 1.807) is 31.2 Å². The van der Waals surface area contributed by atoms with Gasteiger partial charge in [0.25, 0.3) is 5.91 Å². The summed E-state index contributed by atoms with van der Waals surface area (Å²) in [6, 6.07) is 18.1. The van der Waals surface area contributed by atoms with Crippen LogP contribution in [0.3, 0.4) is 0 Å². The molecule has 0 saturated carbocycles. The average molecular weight is 364 g/mol. The smallest absolute Gasteiger partial charge is 0.314 e. The van der Waals surface area contributed by atoms with E-state index in [0.717, 1.165) is 12.0 Å². The van der Waals surface area contributed by atoms with Crippen molar-refractivity contribution in [3.63, 3.8) is 0 Å². The molecule has 1 amide bonds. The zero-order valence-corrected chi connectivity index (χ0v) is 15.8. The van der Waals surface area contributed by atoms with Crippen LogP contribution in [0.1, 0.15) is 44.2 Å². The molecule has 0 aliphatic heterocycles. The largest absolute Gasteiger partial charge is 0.452 e. The van der Waals surface area contributed by atoms with Gasteiger partial charge >= 0.3 is 5.97 Å². The number of nitriles is 1. The molecular formula is C22H24N2O3. The number of nitrogens with zero attached hydrogens (tertiary/aromatic N) is 1. The fourth-order valence-corrected chi connectivity index (χ4v) is 2.80. The van der Waals surface area contributed by atoms with Crippen LogP contribution in [0.5, 0.6) is 0 Å². The number of hydrogen-bond acceptors (Lipinski definition) is 4. The quantitative estimate of drug-likeness (QED) is 0.745. The van der Waals surface area contributed by atoms with Crippen LogP contribution in [-0.2, 0) is 14.3 Å². The highest BCUT2D eigenvalue weighted by molar-refractivity contribution is 5.95. The lowest BCUT2D eigenvalue weighted by molar-refractivity contribution is -0.155. The van der Waals surface area contributed by atoms with E-state index >= 15 is 0 Å². The van der Waals surface area contributed by atoms with E-state index in [9.17, 15) is 9.59 Å². The molecule has 0 unspecified atom stereocenters. The second kappa shape index (κ2) is 9.54. The van der Waals surface area contributed by atoms with Crippen molar-refractivity contribution in [1.29, 1.82) is 5.26 Å². The molecule has 0 heterocycles. The van der Waals surface area contributed by atoms with Crippen molar-refractivity contribution in [3.05, 3.63) is 65.7 Å². The molecule has 2 aromatic rings. The third-order valence-corrected chi connectivity index (χ3v) is 4.55. The minimum atomic E-state index is -0.946. The van der Waals surface area contributed by atoms with Crippen LogP contribution in [0.25, 0.3) is 0 Å². The van der Waals surface area contributed by atoms with Gasteiger partial charge in [0, 0.05) is 5.69 Å². The molecule has 0 bridgehead atoms. The Hall–Kier alpha value is -3.13. The maximum atomic E-state index is 12.8. The monoisotopic (exact) mass is 364 g/mol. The lowest BCUT2D eigenvalue weighted by Crippen LogP contribution is -2.33. The number of benzene rings is 2. The van der Waals surface area contributed by atoms with Crippen molar-refractivity contribution < 1.29 is 14.3 Å². The molecule has 0 fully saturated rings. The van der Waals surface area contributed by atoms with Crippen molar-refractivity contribution in [2.45, 2.75) is 39.2 Å². The van der Waals surface area contributed by atoms with Gasteiger partial charge < -0.3 is 10.1 Å². The average Bonchev–Trinajstić information content (AvgIpc) is 2.68. The Morgan fingerprint density at radius 2 is 1.81 bits per heavy atom. The molecule has 2 aromatic carbocycles. The van der Waals surface area contributed by atoms with Crippen LogP contribution >= 0.6 is 0 Å². The second-order valence-corrected chi connectivity index (χ2v) is 6.53. The SMILES string of the molecule is CC[C@H](C)[C@@H](C(=O)O[C@@H](C)C(=O)Nc1cccc(C#N)c1)c1ccccc1. The molecule has 0 aliphatic rings. The minimum Gasteiger partial charge on any atom is -0.452 e. The third kappa shape index (κ3) is 5.42. The van der Waals surface area contributed by atoms with E-state index in [1.807, 2.05) is 50.2 Å². The summed E-state index contributed by atoms with van der Waals surface area (Å²) in [5.74, 6) is -1.19. The third-order valence-electron chi connectivity index (χ3n) is 4.55. The lowest BCUT2D eigenvalue weighted by Gasteiger charge is -2.23. The number of carbonyl (C=O) groups excluding carboxylic acids is 2. The summed E-state index contributed by atoms with van der Waals surface area (Å²) in [7, 11) is 0. The van der Waals surface area contributed by atoms with Gasteiger partial charge in [0.1, 0.15) is 0 Å². The molecule has 5 heteroatoms. The fourth-order valence-electron chi connectivity index (χ4n) is 2.80. The fraction of sp³-hybridized carbons (Fsp3) is 0.318. The maximum absolute atomic E-state index is 12.8. The predicted molar refractivity (Wildman–Crippen MR) is 104 cm³/mol. The predicted octanol–water partition coefficient (Wildman–Crippen LogP) is 4.26. The maximum Gasteiger partial charge on any atom is 0.314 e. The number of hydrogen-bond donors (Lipinski definition) is 1. The zero-order chi connectivity index (χ0) is 19.8. The first-order valence-corrected chi connectivity index (χ1v) is 9.02. The van der Waals surface area contributed by atoms with Crippen LogP contribution in [0.2, 0.25) is 0 Å². The first-order valence-electron chi connectivity index (χ1n) is 9.02. The highest BCUT2D eigenvalue weighted by Gasteiger charge is 2.30. The first kappa shape index (κ1) is 20.2. The molecule has 0 saturated heterocycles. The molecule has 0 spiro atoms. The lowest BCUT2D eigenvalue weighted by atomic mass is 9.85. The Bertz CT molecular complexity index is 827. The number of carbonyl (C=O) groups is 2. The molecule has 27 heavy (non-hydrogen) atoms. The second-order valence-electron chi connectivity index (χ2n) is 6.53. The number of amides is 1. The number of nitrogens with one attached hydrogen (secondary N) is 1. The van der Waals surface area contributed by atoms with E-state index in [1.165, 1.54) is 0 Å². The van der Waals surface area contributed by atoms with E-state index < -0.39 is 23.9 Å². The Labute approximate surface area is 160 Å². The summed E-state index contributed by atoms with van der Waals surface area (Å²) in [5.41, 5.74) is 1.81. The Morgan fingerprint density at radius 1 is 1.11 bits per heavy atom. The molecule has 5 nitrogen and oxygen atoms in total. The van der Waals surface area contributed by atoms with Gasteiger partial charge in [0.15, 0.2) is 6.10 Å². The molecule has 140 valence electrons. The molecule has 3 atom stereocenters. The molecular weight excluding hydrogens is 340 g/mol. The first-order chi connectivity index (χ1) is 13.0. The van der Waals surface area contributed by atoms with Gasteiger partial charge in [-0.15, -0.1) is 0 Å². The van der Waals surface area contributed by atoms with Gasteiger partial charge in [-0.1, -0.05) is 56.7 Å². The molecule has 2 rings (SSSR count). The van der Waals surface area contributed by atoms with Crippen LogP contribution in [0.15, 0.2) is 54.6 Å². The van der Waals surface area contributed by atoms with Crippen LogP contribution in [0, 0.1) is 17.2 Å². The number of ether oxygens (including phenoxy) is 1. The van der Waals surface area contributed by atoms with Gasteiger partial charge in [-0.05, 0) is 36.6 Å².